The lowest BCUT2D eigenvalue weighted by Gasteiger charge is -2.04. The number of hydrogen-bond donors (Lipinski definition) is 2. The fourth-order valence-electron chi connectivity index (χ4n) is 0.782. The lowest BCUT2D eigenvalue weighted by molar-refractivity contribution is 0.255. The van der Waals surface area contributed by atoms with Crippen molar-refractivity contribution >= 4 is 23.3 Å². The largest absolute Gasteiger partial charge is 0.330 e. The van der Waals surface area contributed by atoms with Crippen LogP contribution in [0.1, 0.15) is 0 Å². The van der Waals surface area contributed by atoms with E-state index in [0.717, 1.165) is 0 Å². The van der Waals surface area contributed by atoms with Crippen LogP contribution in [0.3, 0.4) is 0 Å². The molecule has 0 bridgehead atoms. The van der Waals surface area contributed by atoms with Crippen molar-refractivity contribution in [2.45, 2.75) is 0 Å². The van der Waals surface area contributed by atoms with Gasteiger partial charge in [-0.15, -0.1) is 0 Å². The third-order valence-corrected chi connectivity index (χ3v) is 1.64. The normalized spacial score (nSPS) is 8.62. The Labute approximate surface area is 81.1 Å². The molecule has 0 heterocycles. The molecule has 0 fully saturated rings. The highest BCUT2D eigenvalue weighted by Crippen LogP contribution is 2.19. The van der Waals surface area contributed by atoms with Gasteiger partial charge in [0.2, 0.25) is 0 Å². The average Bonchev–Trinajstić information content (AvgIpc) is 2.09. The van der Waals surface area contributed by atoms with E-state index in [-0.39, 0.29) is 0 Å². The molecule has 4 heteroatoms. The van der Waals surface area contributed by atoms with Gasteiger partial charge < -0.3 is 5.32 Å². The Bertz CT molecular complexity index is 357. The Hall–Kier alpha value is -1.66. The number of carbonyl (C=O) groups is 1. The molecule has 1 aromatic carbocycles. The molecule has 0 aliphatic rings. The molecule has 0 spiro atoms. The van der Waals surface area contributed by atoms with Crippen LogP contribution in [0.5, 0.6) is 0 Å². The molecule has 0 radical (unpaired) electrons. The number of hydrogen-bond acceptors (Lipinski definition) is 1. The third kappa shape index (κ3) is 2.69. The maximum Gasteiger partial charge on any atom is 0.330 e. The molecule has 1 aromatic rings. The first-order chi connectivity index (χ1) is 6.24. The smallest absolute Gasteiger partial charge is 0.306 e. The van der Waals surface area contributed by atoms with Gasteiger partial charge in [-0.25, -0.2) is 4.79 Å². The van der Waals surface area contributed by atoms with Crippen molar-refractivity contribution in [3.8, 4) is 12.5 Å². The molecule has 1 rings (SSSR count). The van der Waals surface area contributed by atoms with E-state index < -0.39 is 6.03 Å². The SMILES string of the molecule is C#CNC(=O)Nc1ccccc1Cl. The van der Waals surface area contributed by atoms with Gasteiger partial charge in [-0.2, -0.15) is 0 Å². The molecule has 66 valence electrons. The number of anilines is 1. The lowest BCUT2D eigenvalue weighted by Crippen LogP contribution is -2.24. The second kappa shape index (κ2) is 4.39. The first kappa shape index (κ1) is 9.43. The Kier molecular flexibility index (Phi) is 3.18. The molecule has 0 saturated carbocycles. The van der Waals surface area contributed by atoms with Gasteiger partial charge in [-0.05, 0) is 12.1 Å². The molecule has 3 nitrogen and oxygen atoms in total. The summed E-state index contributed by atoms with van der Waals surface area (Å²) in [6.45, 7) is 0. The van der Waals surface area contributed by atoms with Crippen molar-refractivity contribution in [2.75, 3.05) is 5.32 Å². The highest BCUT2D eigenvalue weighted by Gasteiger charge is 2.01. The minimum Gasteiger partial charge on any atom is -0.306 e. The summed E-state index contributed by atoms with van der Waals surface area (Å²) in [5.74, 6) is 0. The summed E-state index contributed by atoms with van der Waals surface area (Å²) < 4.78 is 0. The Morgan fingerprint density at radius 3 is 2.77 bits per heavy atom. The summed E-state index contributed by atoms with van der Waals surface area (Å²) >= 11 is 5.77. The number of carbonyl (C=O) groups excluding carboxylic acids is 1. The lowest BCUT2D eigenvalue weighted by atomic mass is 10.3. The standard InChI is InChI=1S/C9H7ClN2O/c1-2-11-9(13)12-8-6-4-3-5-7(8)10/h1,3-6H,(H2,11,12,13). The van der Waals surface area contributed by atoms with E-state index >= 15 is 0 Å². The van der Waals surface area contributed by atoms with Gasteiger partial charge in [0.05, 0.1) is 10.7 Å². The van der Waals surface area contributed by atoms with Crippen molar-refractivity contribution in [3.05, 3.63) is 29.3 Å². The fraction of sp³-hybridized carbons (Fsp3) is 0. The number of amides is 2. The van der Waals surface area contributed by atoms with Gasteiger partial charge in [0.1, 0.15) is 0 Å². The van der Waals surface area contributed by atoms with Crippen LogP contribution in [0.15, 0.2) is 24.3 Å². The summed E-state index contributed by atoms with van der Waals surface area (Å²) in [5.41, 5.74) is 0.525. The van der Waals surface area contributed by atoms with Gasteiger partial charge in [-0.3, -0.25) is 5.32 Å². The van der Waals surface area contributed by atoms with E-state index in [1.807, 2.05) is 6.04 Å². The number of halogens is 1. The molecule has 2 N–H and O–H groups in total. The molecule has 0 atom stereocenters. The van der Waals surface area contributed by atoms with Crippen LogP contribution >= 0.6 is 11.6 Å². The first-order valence-electron chi connectivity index (χ1n) is 3.51. The minimum atomic E-state index is -0.476. The molecule has 0 aromatic heterocycles. The van der Waals surface area contributed by atoms with Gasteiger partial charge in [0.25, 0.3) is 0 Å². The monoisotopic (exact) mass is 194 g/mol. The van der Waals surface area contributed by atoms with Crippen molar-refractivity contribution < 1.29 is 4.79 Å². The van der Waals surface area contributed by atoms with Gasteiger partial charge >= 0.3 is 6.03 Å². The second-order valence-electron chi connectivity index (χ2n) is 2.20. The van der Waals surface area contributed by atoms with E-state index in [9.17, 15) is 4.79 Å². The van der Waals surface area contributed by atoms with Gasteiger partial charge in [0, 0.05) is 6.04 Å². The fourth-order valence-corrected chi connectivity index (χ4v) is 0.965. The van der Waals surface area contributed by atoms with E-state index in [1.54, 1.807) is 24.3 Å². The number of para-hydroxylation sites is 1. The van der Waals surface area contributed by atoms with Gasteiger partial charge in [0.15, 0.2) is 0 Å². The zero-order chi connectivity index (χ0) is 9.68. The molecule has 2 amide bonds. The number of benzene rings is 1. The van der Waals surface area contributed by atoms with Crippen LogP contribution in [0, 0.1) is 12.5 Å². The molecular weight excluding hydrogens is 188 g/mol. The molecule has 0 aliphatic heterocycles. The van der Waals surface area contributed by atoms with Crippen LogP contribution < -0.4 is 10.6 Å². The summed E-state index contributed by atoms with van der Waals surface area (Å²) in [5, 5.41) is 5.09. The summed E-state index contributed by atoms with van der Waals surface area (Å²) in [7, 11) is 0. The maximum atomic E-state index is 10.9. The quantitative estimate of drug-likeness (QED) is 0.522. The maximum absolute atomic E-state index is 10.9. The van der Waals surface area contributed by atoms with E-state index in [4.69, 9.17) is 18.0 Å². The second-order valence-corrected chi connectivity index (χ2v) is 2.61. The molecular formula is C9H7ClN2O. The summed E-state index contributed by atoms with van der Waals surface area (Å²) in [6.07, 6.45) is 4.87. The zero-order valence-corrected chi connectivity index (χ0v) is 7.43. The summed E-state index contributed by atoms with van der Waals surface area (Å²) in [4.78, 5) is 10.9. The minimum absolute atomic E-state index is 0.467. The highest BCUT2D eigenvalue weighted by atomic mass is 35.5. The van der Waals surface area contributed by atoms with Crippen molar-refractivity contribution in [1.29, 1.82) is 0 Å². The van der Waals surface area contributed by atoms with E-state index in [2.05, 4.69) is 10.6 Å². The topological polar surface area (TPSA) is 41.1 Å². The van der Waals surface area contributed by atoms with Crippen molar-refractivity contribution in [1.82, 2.24) is 5.32 Å². The van der Waals surface area contributed by atoms with Crippen LogP contribution in [-0.4, -0.2) is 6.03 Å². The number of terminal acetylenes is 1. The average molecular weight is 195 g/mol. The van der Waals surface area contributed by atoms with Crippen molar-refractivity contribution in [3.63, 3.8) is 0 Å². The van der Waals surface area contributed by atoms with Crippen LogP contribution in [0.2, 0.25) is 5.02 Å². The van der Waals surface area contributed by atoms with E-state index in [1.165, 1.54) is 0 Å². The van der Waals surface area contributed by atoms with Gasteiger partial charge in [-0.1, -0.05) is 30.2 Å². The molecule has 0 aliphatic carbocycles. The highest BCUT2D eigenvalue weighted by molar-refractivity contribution is 6.33. The number of rotatable bonds is 1. The zero-order valence-electron chi connectivity index (χ0n) is 6.67. The third-order valence-electron chi connectivity index (χ3n) is 1.31. The molecule has 0 unspecified atom stereocenters. The number of nitrogens with one attached hydrogen (secondary N) is 2. The van der Waals surface area contributed by atoms with Crippen LogP contribution in [0.25, 0.3) is 0 Å². The van der Waals surface area contributed by atoms with Crippen LogP contribution in [0.4, 0.5) is 10.5 Å². The van der Waals surface area contributed by atoms with Crippen LogP contribution in [-0.2, 0) is 0 Å². The van der Waals surface area contributed by atoms with E-state index in [0.29, 0.717) is 10.7 Å². The summed E-state index contributed by atoms with van der Waals surface area (Å²) in [6, 6.07) is 8.41. The Morgan fingerprint density at radius 2 is 2.15 bits per heavy atom. The predicted molar refractivity (Wildman–Crippen MR) is 52.4 cm³/mol. The Balaban J connectivity index is 2.70. The number of urea groups is 1. The first-order valence-corrected chi connectivity index (χ1v) is 3.89. The molecule has 13 heavy (non-hydrogen) atoms. The predicted octanol–water partition coefficient (Wildman–Crippen LogP) is 2.05. The molecule has 0 saturated heterocycles. The Morgan fingerprint density at radius 1 is 1.46 bits per heavy atom. The van der Waals surface area contributed by atoms with Crippen molar-refractivity contribution in [2.24, 2.45) is 0 Å².